The molecule has 0 aliphatic heterocycles. The summed E-state index contributed by atoms with van der Waals surface area (Å²) in [5, 5.41) is 5.80. The maximum atomic E-state index is 12.7. The summed E-state index contributed by atoms with van der Waals surface area (Å²) in [6.45, 7) is 1.31. The van der Waals surface area contributed by atoms with Crippen molar-refractivity contribution in [2.75, 3.05) is 6.54 Å². The smallest absolute Gasteiger partial charge is 0.349 e. The van der Waals surface area contributed by atoms with Gasteiger partial charge in [-0.15, -0.1) is 0 Å². The Morgan fingerprint density at radius 2 is 1.83 bits per heavy atom. The van der Waals surface area contributed by atoms with Crippen LogP contribution in [0.3, 0.4) is 0 Å². The molecule has 0 fully saturated rings. The van der Waals surface area contributed by atoms with Gasteiger partial charge < -0.3 is 10.6 Å². The summed E-state index contributed by atoms with van der Waals surface area (Å²) < 4.78 is 38.1. The fraction of sp³-hybridized carbons (Fsp3) is 0.238. The number of benzene rings is 2. The number of halogens is 4. The van der Waals surface area contributed by atoms with Crippen molar-refractivity contribution in [3.63, 3.8) is 0 Å². The molecular weight excluding hydrogens is 405 g/mol. The van der Waals surface area contributed by atoms with E-state index in [4.69, 9.17) is 11.6 Å². The summed E-state index contributed by atoms with van der Waals surface area (Å²) in [6, 6.07) is 10.8. The minimum atomic E-state index is -4.44. The Morgan fingerprint density at radius 1 is 1.14 bits per heavy atom. The summed E-state index contributed by atoms with van der Waals surface area (Å²) >= 11 is 5.85. The van der Waals surface area contributed by atoms with E-state index in [1.807, 2.05) is 0 Å². The minimum Gasteiger partial charge on any atom is -0.349 e. The van der Waals surface area contributed by atoms with Crippen molar-refractivity contribution >= 4 is 23.4 Å². The van der Waals surface area contributed by atoms with Crippen molar-refractivity contribution in [1.82, 2.24) is 10.6 Å². The third kappa shape index (κ3) is 7.51. The molecule has 1 atom stereocenters. The Morgan fingerprint density at radius 3 is 2.45 bits per heavy atom. The van der Waals surface area contributed by atoms with Crippen LogP contribution in [0.1, 0.15) is 36.1 Å². The van der Waals surface area contributed by atoms with Crippen LogP contribution in [-0.4, -0.2) is 18.4 Å². The Bertz CT molecular complexity index is 931. The second kappa shape index (κ2) is 9.99. The van der Waals surface area contributed by atoms with Gasteiger partial charge in [-0.2, -0.15) is 13.2 Å². The van der Waals surface area contributed by atoms with Crippen LogP contribution in [0.5, 0.6) is 0 Å². The largest absolute Gasteiger partial charge is 0.416 e. The van der Waals surface area contributed by atoms with Gasteiger partial charge in [-0.05, 0) is 35.9 Å². The molecule has 4 nitrogen and oxygen atoms in total. The monoisotopic (exact) mass is 422 g/mol. The number of carbonyl (C=O) groups is 2. The van der Waals surface area contributed by atoms with E-state index in [1.165, 1.54) is 19.1 Å². The van der Waals surface area contributed by atoms with Gasteiger partial charge in [-0.1, -0.05) is 41.6 Å². The van der Waals surface area contributed by atoms with Gasteiger partial charge in [0, 0.05) is 17.5 Å². The van der Waals surface area contributed by atoms with Crippen molar-refractivity contribution in [1.29, 1.82) is 0 Å². The lowest BCUT2D eigenvalue weighted by Gasteiger charge is -2.17. The van der Waals surface area contributed by atoms with Crippen LogP contribution < -0.4 is 10.6 Å². The van der Waals surface area contributed by atoms with Gasteiger partial charge in [0.25, 0.3) is 0 Å². The summed E-state index contributed by atoms with van der Waals surface area (Å²) in [4.78, 5) is 23.6. The molecule has 0 heterocycles. The first-order valence-electron chi connectivity index (χ1n) is 8.60. The minimum absolute atomic E-state index is 0.0214. The predicted molar refractivity (Wildman–Crippen MR) is 104 cm³/mol. The topological polar surface area (TPSA) is 58.2 Å². The highest BCUT2D eigenvalue weighted by Gasteiger charge is 2.30. The van der Waals surface area contributed by atoms with Crippen LogP contribution in [0.15, 0.2) is 48.5 Å². The van der Waals surface area contributed by atoms with Gasteiger partial charge in [0.1, 0.15) is 0 Å². The van der Waals surface area contributed by atoms with E-state index in [1.54, 1.807) is 24.3 Å². The Labute approximate surface area is 171 Å². The van der Waals surface area contributed by atoms with Crippen molar-refractivity contribution in [2.45, 2.75) is 25.6 Å². The number of amides is 2. The van der Waals surface area contributed by atoms with Crippen molar-refractivity contribution in [3.8, 4) is 11.8 Å². The fourth-order valence-electron chi connectivity index (χ4n) is 2.51. The molecule has 8 heteroatoms. The van der Waals surface area contributed by atoms with Crippen molar-refractivity contribution < 1.29 is 22.8 Å². The lowest BCUT2D eigenvalue weighted by atomic mass is 10.0. The van der Waals surface area contributed by atoms with E-state index in [2.05, 4.69) is 22.5 Å². The summed E-state index contributed by atoms with van der Waals surface area (Å²) in [6.07, 6.45) is -4.46. The number of rotatable bonds is 5. The molecule has 2 rings (SSSR count). The third-order valence-electron chi connectivity index (χ3n) is 3.84. The maximum absolute atomic E-state index is 12.7. The first-order valence-corrected chi connectivity index (χ1v) is 8.98. The second-order valence-corrected chi connectivity index (χ2v) is 6.60. The summed E-state index contributed by atoms with van der Waals surface area (Å²) in [5.74, 6) is 4.55. The molecule has 0 spiro atoms. The Balaban J connectivity index is 1.95. The average molecular weight is 423 g/mol. The van der Waals surface area contributed by atoms with E-state index in [9.17, 15) is 22.8 Å². The molecule has 0 bridgehead atoms. The second-order valence-electron chi connectivity index (χ2n) is 6.17. The van der Waals surface area contributed by atoms with E-state index in [0.717, 1.165) is 17.7 Å². The van der Waals surface area contributed by atoms with Gasteiger partial charge in [0.2, 0.25) is 11.8 Å². The molecule has 0 aliphatic carbocycles. The first kappa shape index (κ1) is 22.3. The molecule has 0 aromatic heterocycles. The van der Waals surface area contributed by atoms with Gasteiger partial charge >= 0.3 is 6.18 Å². The van der Waals surface area contributed by atoms with E-state index < -0.39 is 17.8 Å². The molecule has 0 radical (unpaired) electrons. The van der Waals surface area contributed by atoms with Crippen LogP contribution in [0, 0.1) is 11.8 Å². The van der Waals surface area contributed by atoms with Crippen LogP contribution in [0.25, 0.3) is 0 Å². The van der Waals surface area contributed by atoms with Gasteiger partial charge in [0.15, 0.2) is 0 Å². The van der Waals surface area contributed by atoms with Gasteiger partial charge in [-0.3, -0.25) is 9.59 Å². The van der Waals surface area contributed by atoms with Crippen LogP contribution >= 0.6 is 11.6 Å². The van der Waals surface area contributed by atoms with E-state index in [0.29, 0.717) is 5.02 Å². The molecule has 0 aliphatic rings. The molecule has 2 aromatic carbocycles. The lowest BCUT2D eigenvalue weighted by Crippen LogP contribution is -2.32. The number of nitrogens with one attached hydrogen (secondary N) is 2. The molecule has 152 valence electrons. The molecule has 2 aromatic rings. The van der Waals surface area contributed by atoms with E-state index >= 15 is 0 Å². The van der Waals surface area contributed by atoms with Crippen LogP contribution in [0.2, 0.25) is 5.02 Å². The molecule has 2 amide bonds. The highest BCUT2D eigenvalue weighted by molar-refractivity contribution is 6.30. The molecular formula is C21H18ClF3N2O2. The Hall–Kier alpha value is -2.98. The SMILES string of the molecule is CC(=O)NC(CC(=O)NCC#Cc1cccc(C(F)(F)F)c1)c1ccc(Cl)cc1. The maximum Gasteiger partial charge on any atom is 0.416 e. The number of hydrogen-bond donors (Lipinski definition) is 2. The van der Waals surface area contributed by atoms with Gasteiger partial charge in [0.05, 0.1) is 24.6 Å². The zero-order valence-corrected chi connectivity index (χ0v) is 16.2. The van der Waals surface area contributed by atoms with E-state index in [-0.39, 0.29) is 30.3 Å². The molecule has 2 N–H and O–H groups in total. The molecule has 29 heavy (non-hydrogen) atoms. The van der Waals surface area contributed by atoms with Crippen molar-refractivity contribution in [3.05, 3.63) is 70.2 Å². The van der Waals surface area contributed by atoms with Crippen LogP contribution in [0.4, 0.5) is 13.2 Å². The normalized spacial score (nSPS) is 11.8. The van der Waals surface area contributed by atoms with Crippen molar-refractivity contribution in [2.24, 2.45) is 0 Å². The standard InChI is InChI=1S/C21H18ClF3N2O2/c1-14(28)27-19(16-7-9-18(22)10-8-16)13-20(29)26-11-3-5-15-4-2-6-17(12-15)21(23,24)25/h2,4,6-10,12,19H,11,13H2,1H3,(H,26,29)(H,27,28). The predicted octanol–water partition coefficient (Wildman–Crippen LogP) is 4.09. The highest BCUT2D eigenvalue weighted by atomic mass is 35.5. The zero-order valence-electron chi connectivity index (χ0n) is 15.4. The molecule has 1 unspecified atom stereocenters. The van der Waals surface area contributed by atoms with Gasteiger partial charge in [-0.25, -0.2) is 0 Å². The fourth-order valence-corrected chi connectivity index (χ4v) is 2.64. The average Bonchev–Trinajstić information content (AvgIpc) is 2.64. The lowest BCUT2D eigenvalue weighted by molar-refractivity contribution is -0.137. The third-order valence-corrected chi connectivity index (χ3v) is 4.09. The van der Waals surface area contributed by atoms with Crippen LogP contribution in [-0.2, 0) is 15.8 Å². The first-order chi connectivity index (χ1) is 13.6. The number of alkyl halides is 3. The molecule has 0 saturated heterocycles. The number of hydrogen-bond acceptors (Lipinski definition) is 2. The zero-order chi connectivity index (χ0) is 21.4. The highest BCUT2D eigenvalue weighted by Crippen LogP contribution is 2.29. The summed E-state index contributed by atoms with van der Waals surface area (Å²) in [5.41, 5.74) is 0.135. The Kier molecular flexibility index (Phi) is 7.68. The molecule has 0 saturated carbocycles. The quantitative estimate of drug-likeness (QED) is 0.713. The number of carbonyl (C=O) groups excluding carboxylic acids is 2. The summed E-state index contributed by atoms with van der Waals surface area (Å²) in [7, 11) is 0.